The lowest BCUT2D eigenvalue weighted by Crippen LogP contribution is -2.29. The third kappa shape index (κ3) is 2.42. The van der Waals surface area contributed by atoms with Gasteiger partial charge in [0, 0.05) is 25.2 Å². The molecule has 2 aromatic rings. The van der Waals surface area contributed by atoms with Crippen molar-refractivity contribution in [1.82, 2.24) is 9.78 Å². The van der Waals surface area contributed by atoms with Crippen LogP contribution in [-0.2, 0) is 24.2 Å². The number of ether oxygens (including phenoxy) is 1. The number of carboxylic acid groups (broad SMARTS) is 1. The number of carboxylic acids is 1. The maximum atomic E-state index is 13.0. The van der Waals surface area contributed by atoms with Gasteiger partial charge in [-0.3, -0.25) is 9.59 Å². The smallest absolute Gasteiger partial charge is 0.307 e. The quantitative estimate of drug-likeness (QED) is 0.923. The molecule has 1 aromatic carbocycles. The molecule has 3 heterocycles. The molecule has 24 heavy (non-hydrogen) atoms. The van der Waals surface area contributed by atoms with Gasteiger partial charge in [-0.15, -0.1) is 0 Å². The van der Waals surface area contributed by atoms with Gasteiger partial charge >= 0.3 is 5.97 Å². The lowest BCUT2D eigenvalue weighted by atomic mass is 10.1. The Bertz CT molecular complexity index is 827. The standard InChI is InChI=1S/C17H17N3O4/c21-15(22)9-11-2-3-12-4-6-19(14(12)8-11)16(23)13-10-18-20-5-1-7-24-17(13)20/h2-3,8,10H,1,4-7,9H2,(H,21,22). The Morgan fingerprint density at radius 2 is 2.17 bits per heavy atom. The van der Waals surface area contributed by atoms with Gasteiger partial charge in [0.15, 0.2) is 0 Å². The molecular weight excluding hydrogens is 310 g/mol. The summed E-state index contributed by atoms with van der Waals surface area (Å²) in [5, 5.41) is 13.2. The van der Waals surface area contributed by atoms with E-state index in [-0.39, 0.29) is 12.3 Å². The minimum Gasteiger partial charge on any atom is -0.481 e. The van der Waals surface area contributed by atoms with Crippen molar-refractivity contribution in [3.8, 4) is 5.88 Å². The second-order valence-electron chi connectivity index (χ2n) is 6.03. The number of fused-ring (bicyclic) bond motifs is 2. The molecule has 2 aliphatic rings. The highest BCUT2D eigenvalue weighted by molar-refractivity contribution is 6.08. The van der Waals surface area contributed by atoms with Crippen LogP contribution in [0.5, 0.6) is 5.88 Å². The van der Waals surface area contributed by atoms with E-state index in [1.165, 1.54) is 0 Å². The predicted molar refractivity (Wildman–Crippen MR) is 85.5 cm³/mol. The van der Waals surface area contributed by atoms with Gasteiger partial charge in [0.25, 0.3) is 5.91 Å². The summed E-state index contributed by atoms with van der Waals surface area (Å²) in [6.45, 7) is 1.92. The molecular formula is C17H17N3O4. The van der Waals surface area contributed by atoms with Gasteiger partial charge in [-0.1, -0.05) is 12.1 Å². The van der Waals surface area contributed by atoms with E-state index in [1.54, 1.807) is 21.8 Å². The van der Waals surface area contributed by atoms with Crippen LogP contribution < -0.4 is 9.64 Å². The van der Waals surface area contributed by atoms with Crippen molar-refractivity contribution in [2.75, 3.05) is 18.1 Å². The number of anilines is 1. The molecule has 7 heteroatoms. The van der Waals surface area contributed by atoms with Crippen molar-refractivity contribution in [2.24, 2.45) is 0 Å². The minimum absolute atomic E-state index is 0.0540. The third-order valence-corrected chi connectivity index (χ3v) is 4.42. The van der Waals surface area contributed by atoms with Crippen LogP contribution in [0.2, 0.25) is 0 Å². The zero-order valence-electron chi connectivity index (χ0n) is 13.1. The van der Waals surface area contributed by atoms with Crippen LogP contribution in [0.1, 0.15) is 27.9 Å². The Morgan fingerprint density at radius 3 is 3.00 bits per heavy atom. The molecule has 0 atom stereocenters. The van der Waals surface area contributed by atoms with Crippen molar-refractivity contribution in [2.45, 2.75) is 25.8 Å². The van der Waals surface area contributed by atoms with E-state index in [0.29, 0.717) is 30.2 Å². The number of benzene rings is 1. The van der Waals surface area contributed by atoms with E-state index in [2.05, 4.69) is 5.10 Å². The summed E-state index contributed by atoms with van der Waals surface area (Å²) in [6, 6.07) is 5.52. The van der Waals surface area contributed by atoms with Crippen LogP contribution in [-0.4, -0.2) is 39.9 Å². The highest BCUT2D eigenvalue weighted by Gasteiger charge is 2.30. The molecule has 0 radical (unpaired) electrons. The van der Waals surface area contributed by atoms with E-state index < -0.39 is 5.97 Å². The number of aromatic nitrogens is 2. The zero-order valence-corrected chi connectivity index (χ0v) is 13.1. The molecule has 0 saturated carbocycles. The Kier molecular flexibility index (Phi) is 3.48. The van der Waals surface area contributed by atoms with E-state index >= 15 is 0 Å². The number of amides is 1. The summed E-state index contributed by atoms with van der Waals surface area (Å²) in [6.07, 6.45) is 3.15. The second kappa shape index (κ2) is 5.67. The molecule has 1 aromatic heterocycles. The highest BCUT2D eigenvalue weighted by Crippen LogP contribution is 2.32. The summed E-state index contributed by atoms with van der Waals surface area (Å²) in [4.78, 5) is 25.6. The van der Waals surface area contributed by atoms with Gasteiger partial charge in [-0.25, -0.2) is 4.68 Å². The number of hydrogen-bond donors (Lipinski definition) is 1. The van der Waals surface area contributed by atoms with Gasteiger partial charge in [-0.05, 0) is 23.6 Å². The monoisotopic (exact) mass is 327 g/mol. The average molecular weight is 327 g/mol. The van der Waals surface area contributed by atoms with Crippen molar-refractivity contribution < 1.29 is 19.4 Å². The first-order chi connectivity index (χ1) is 11.6. The van der Waals surface area contributed by atoms with Crippen LogP contribution in [0.4, 0.5) is 5.69 Å². The number of hydrogen-bond acceptors (Lipinski definition) is 4. The van der Waals surface area contributed by atoms with Gasteiger partial charge in [-0.2, -0.15) is 5.10 Å². The molecule has 0 spiro atoms. The third-order valence-electron chi connectivity index (χ3n) is 4.42. The normalized spacial score (nSPS) is 15.6. The van der Waals surface area contributed by atoms with E-state index in [4.69, 9.17) is 9.84 Å². The van der Waals surface area contributed by atoms with Crippen LogP contribution in [0.15, 0.2) is 24.4 Å². The lowest BCUT2D eigenvalue weighted by molar-refractivity contribution is -0.136. The van der Waals surface area contributed by atoms with Gasteiger partial charge in [0.05, 0.1) is 19.2 Å². The van der Waals surface area contributed by atoms with Crippen LogP contribution in [0.25, 0.3) is 0 Å². The molecule has 0 bridgehead atoms. The fourth-order valence-electron chi connectivity index (χ4n) is 3.28. The lowest BCUT2D eigenvalue weighted by Gasteiger charge is -2.20. The van der Waals surface area contributed by atoms with Crippen molar-refractivity contribution in [3.63, 3.8) is 0 Å². The molecule has 0 saturated heterocycles. The van der Waals surface area contributed by atoms with Gasteiger partial charge < -0.3 is 14.7 Å². The Labute approximate surface area is 138 Å². The molecule has 1 amide bonds. The summed E-state index contributed by atoms with van der Waals surface area (Å²) >= 11 is 0. The fraction of sp³-hybridized carbons (Fsp3) is 0.353. The van der Waals surface area contributed by atoms with Crippen LogP contribution >= 0.6 is 0 Å². The number of rotatable bonds is 3. The second-order valence-corrected chi connectivity index (χ2v) is 6.03. The molecule has 124 valence electrons. The number of aliphatic carboxylic acids is 1. The van der Waals surface area contributed by atoms with Crippen molar-refractivity contribution >= 4 is 17.6 Å². The Balaban J connectivity index is 1.66. The van der Waals surface area contributed by atoms with E-state index in [0.717, 1.165) is 30.6 Å². The van der Waals surface area contributed by atoms with Crippen molar-refractivity contribution in [3.05, 3.63) is 41.1 Å². The first-order valence-corrected chi connectivity index (χ1v) is 7.97. The molecule has 1 N–H and O–H groups in total. The Hall–Kier alpha value is -2.83. The number of nitrogens with zero attached hydrogens (tertiary/aromatic N) is 3. The fourth-order valence-corrected chi connectivity index (χ4v) is 3.28. The van der Waals surface area contributed by atoms with Gasteiger partial charge in [0.2, 0.25) is 5.88 Å². The average Bonchev–Trinajstić information content (AvgIpc) is 3.17. The molecule has 7 nitrogen and oxygen atoms in total. The topological polar surface area (TPSA) is 84.7 Å². The molecule has 2 aliphatic heterocycles. The predicted octanol–water partition coefficient (Wildman–Crippen LogP) is 1.50. The van der Waals surface area contributed by atoms with E-state index in [9.17, 15) is 9.59 Å². The highest BCUT2D eigenvalue weighted by atomic mass is 16.5. The van der Waals surface area contributed by atoms with Crippen LogP contribution in [0.3, 0.4) is 0 Å². The van der Waals surface area contributed by atoms with Gasteiger partial charge in [0.1, 0.15) is 5.56 Å². The Morgan fingerprint density at radius 1 is 1.29 bits per heavy atom. The molecule has 0 unspecified atom stereocenters. The molecule has 0 fully saturated rings. The number of carbonyl (C=O) groups excluding carboxylic acids is 1. The summed E-state index contributed by atoms with van der Waals surface area (Å²) in [5.74, 6) is -0.504. The number of aryl methyl sites for hydroxylation is 1. The van der Waals surface area contributed by atoms with E-state index in [1.807, 2.05) is 12.1 Å². The largest absolute Gasteiger partial charge is 0.481 e. The summed E-state index contributed by atoms with van der Waals surface area (Å²) in [5.41, 5.74) is 2.99. The first kappa shape index (κ1) is 14.7. The number of carbonyl (C=O) groups is 2. The molecule has 4 rings (SSSR count). The SMILES string of the molecule is O=C(O)Cc1ccc2c(c1)N(C(=O)c1cnn3c1OCCC3)CC2. The maximum Gasteiger partial charge on any atom is 0.307 e. The first-order valence-electron chi connectivity index (χ1n) is 7.97. The van der Waals surface area contributed by atoms with Crippen molar-refractivity contribution in [1.29, 1.82) is 0 Å². The minimum atomic E-state index is -0.884. The zero-order chi connectivity index (χ0) is 16.7. The summed E-state index contributed by atoms with van der Waals surface area (Å²) < 4.78 is 7.33. The maximum absolute atomic E-state index is 13.0. The molecule has 0 aliphatic carbocycles. The summed E-state index contributed by atoms with van der Waals surface area (Å²) in [7, 11) is 0. The van der Waals surface area contributed by atoms with Crippen LogP contribution in [0, 0.1) is 0 Å².